The van der Waals surface area contributed by atoms with Crippen LogP contribution in [0.15, 0.2) is 18.2 Å². The second-order valence-corrected chi connectivity index (χ2v) is 13.3. The second-order valence-electron chi connectivity index (χ2n) is 10.6. The first kappa shape index (κ1) is 31.1. The summed E-state index contributed by atoms with van der Waals surface area (Å²) in [4.78, 5) is 17.7. The van der Waals surface area contributed by atoms with Crippen molar-refractivity contribution in [2.75, 3.05) is 25.2 Å². The van der Waals surface area contributed by atoms with Gasteiger partial charge in [0.1, 0.15) is 32.6 Å². The summed E-state index contributed by atoms with van der Waals surface area (Å²) in [6.07, 6.45) is -0.142. The number of aromatic nitrogens is 2. The third-order valence-corrected chi connectivity index (χ3v) is 8.97. The van der Waals surface area contributed by atoms with E-state index in [0.717, 1.165) is 6.92 Å². The Hall–Kier alpha value is -2.47. The summed E-state index contributed by atoms with van der Waals surface area (Å²) >= 11 is 6.70. The van der Waals surface area contributed by atoms with Crippen LogP contribution in [0.25, 0.3) is 5.69 Å². The summed E-state index contributed by atoms with van der Waals surface area (Å²) in [6, 6.07) is 2.74. The third-order valence-electron chi connectivity index (χ3n) is 6.94. The molecule has 1 aromatic carbocycles. The molecule has 1 aromatic heterocycles. The number of benzene rings is 1. The quantitative estimate of drug-likeness (QED) is 0.381. The lowest BCUT2D eigenvalue weighted by molar-refractivity contribution is -0.138. The van der Waals surface area contributed by atoms with E-state index in [1.807, 2.05) is 13.8 Å². The van der Waals surface area contributed by atoms with E-state index in [1.165, 1.54) is 25.5 Å². The van der Waals surface area contributed by atoms with Crippen molar-refractivity contribution < 1.29 is 31.1 Å². The minimum Gasteiger partial charge on any atom is -0.494 e. The molecule has 0 bridgehead atoms. The summed E-state index contributed by atoms with van der Waals surface area (Å²) in [7, 11) is -1.67. The molecule has 1 atom stereocenters. The maximum atomic E-state index is 13.1. The maximum absolute atomic E-state index is 13.1. The van der Waals surface area contributed by atoms with Crippen LogP contribution in [0.4, 0.5) is 18.9 Å². The van der Waals surface area contributed by atoms with Crippen LogP contribution >= 0.6 is 11.6 Å². The lowest BCUT2D eigenvalue weighted by atomic mass is 9.89. The van der Waals surface area contributed by atoms with Gasteiger partial charge in [-0.2, -0.15) is 13.2 Å². The summed E-state index contributed by atoms with van der Waals surface area (Å²) in [6.45, 7) is 5.37. The number of imidazole rings is 1. The minimum atomic E-state index is -4.42. The highest BCUT2D eigenvalue weighted by Crippen LogP contribution is 2.34. The van der Waals surface area contributed by atoms with Crippen molar-refractivity contribution in [2.45, 2.75) is 70.3 Å². The molecule has 0 saturated heterocycles. The molecule has 0 unspecified atom stereocenters. The average Bonchev–Trinajstić information content (AvgIpc) is 3.16. The molecular weight excluding hydrogens is 557 g/mol. The lowest BCUT2D eigenvalue weighted by Gasteiger charge is -2.27. The van der Waals surface area contributed by atoms with E-state index in [0.29, 0.717) is 50.2 Å². The fraction of sp³-hybridized carbons (Fsp3) is 0.615. The van der Waals surface area contributed by atoms with Gasteiger partial charge in [0.25, 0.3) is 5.91 Å². The van der Waals surface area contributed by atoms with Crippen LogP contribution < -0.4 is 15.4 Å². The van der Waals surface area contributed by atoms with Crippen LogP contribution in [-0.4, -0.2) is 61.3 Å². The number of nitrogens with zero attached hydrogens (tertiary/aromatic N) is 2. The topological polar surface area (TPSA) is 102 Å². The zero-order valence-corrected chi connectivity index (χ0v) is 24.3. The highest BCUT2D eigenvalue weighted by atomic mass is 35.5. The number of sulfone groups is 1. The van der Waals surface area contributed by atoms with E-state index >= 15 is 0 Å². The first-order chi connectivity index (χ1) is 18.1. The molecule has 8 nitrogen and oxygen atoms in total. The van der Waals surface area contributed by atoms with Crippen molar-refractivity contribution in [1.82, 2.24) is 14.9 Å². The number of carbonyl (C=O) groups excluding carboxylic acids is 1. The van der Waals surface area contributed by atoms with Crippen LogP contribution in [0.1, 0.15) is 62.8 Å². The van der Waals surface area contributed by atoms with E-state index in [9.17, 15) is 26.4 Å². The molecule has 1 aliphatic carbocycles. The summed E-state index contributed by atoms with van der Waals surface area (Å²) in [5, 5.41) is 5.03. The van der Waals surface area contributed by atoms with E-state index in [-0.39, 0.29) is 39.4 Å². The fourth-order valence-electron chi connectivity index (χ4n) is 4.70. The van der Waals surface area contributed by atoms with Crippen molar-refractivity contribution in [3.05, 3.63) is 34.9 Å². The Bertz CT molecular complexity index is 1270. The predicted octanol–water partition coefficient (Wildman–Crippen LogP) is 5.43. The number of carbonyl (C=O) groups is 1. The summed E-state index contributed by atoms with van der Waals surface area (Å²) in [5.74, 6) is 0.639. The van der Waals surface area contributed by atoms with Crippen LogP contribution in [0.3, 0.4) is 0 Å². The second kappa shape index (κ2) is 12.4. The summed E-state index contributed by atoms with van der Waals surface area (Å²) in [5.41, 5.74) is 0.687. The third kappa shape index (κ3) is 7.81. The van der Waals surface area contributed by atoms with Crippen LogP contribution in [0.5, 0.6) is 5.75 Å². The zero-order valence-electron chi connectivity index (χ0n) is 22.7. The molecule has 3 rings (SSSR count). The molecule has 218 valence electrons. The van der Waals surface area contributed by atoms with Gasteiger partial charge in [-0.15, -0.1) is 0 Å². The van der Waals surface area contributed by atoms with Crippen molar-refractivity contribution in [1.29, 1.82) is 0 Å². The highest BCUT2D eigenvalue weighted by Gasteiger charge is 2.36. The Morgan fingerprint density at radius 2 is 1.85 bits per heavy atom. The van der Waals surface area contributed by atoms with Gasteiger partial charge in [-0.1, -0.05) is 25.4 Å². The Balaban J connectivity index is 1.84. The Kier molecular flexibility index (Phi) is 9.85. The number of hydrogen-bond acceptors (Lipinski definition) is 6. The molecular formula is C26H36ClF3N4O4S. The number of halogens is 4. The average molecular weight is 593 g/mol. The number of rotatable bonds is 10. The smallest absolute Gasteiger partial charge is 0.408 e. The number of hydrogen-bond donors (Lipinski definition) is 2. The molecule has 0 radical (unpaired) electrons. The normalized spacial score (nSPS) is 19.1. The standard InChI is InChI=1S/C26H36ClF3N4O4S/c1-15(2)12-22-33-23(25(35)31-14-17-6-9-19(10-7-17)39(5,36)37)24(27)34(22)20-11-8-18(13-21(20)38-4)32-16(3)26(28,29)30/h8,11,13,15-17,19,32H,6-7,9-10,12,14H2,1-5H3,(H,31,35)/t16-,17?,19?/m1/s1. The molecule has 1 heterocycles. The van der Waals surface area contributed by atoms with E-state index in [1.54, 1.807) is 10.6 Å². The Morgan fingerprint density at radius 1 is 1.21 bits per heavy atom. The molecule has 39 heavy (non-hydrogen) atoms. The van der Waals surface area contributed by atoms with Gasteiger partial charge in [0.15, 0.2) is 5.69 Å². The van der Waals surface area contributed by atoms with E-state index in [2.05, 4.69) is 15.6 Å². The molecule has 1 saturated carbocycles. The van der Waals surface area contributed by atoms with Gasteiger partial charge in [-0.3, -0.25) is 9.36 Å². The van der Waals surface area contributed by atoms with Crippen LogP contribution in [0, 0.1) is 11.8 Å². The summed E-state index contributed by atoms with van der Waals surface area (Å²) < 4.78 is 69.8. The number of methoxy groups -OCH3 is 1. The maximum Gasteiger partial charge on any atom is 0.408 e. The van der Waals surface area contributed by atoms with Crippen molar-refractivity contribution in [2.24, 2.45) is 11.8 Å². The number of amides is 1. The number of nitrogens with one attached hydrogen (secondary N) is 2. The first-order valence-corrected chi connectivity index (χ1v) is 15.2. The van der Waals surface area contributed by atoms with Crippen molar-refractivity contribution in [3.63, 3.8) is 0 Å². The molecule has 1 fully saturated rings. The van der Waals surface area contributed by atoms with Crippen LogP contribution in [-0.2, 0) is 16.3 Å². The van der Waals surface area contributed by atoms with Gasteiger partial charge < -0.3 is 15.4 Å². The number of anilines is 1. The molecule has 1 amide bonds. The molecule has 0 aliphatic heterocycles. The Labute approximate surface area is 232 Å². The van der Waals surface area contributed by atoms with Crippen molar-refractivity contribution >= 4 is 33.0 Å². The number of alkyl halides is 3. The molecule has 0 spiro atoms. The van der Waals surface area contributed by atoms with Gasteiger partial charge in [-0.05, 0) is 56.6 Å². The van der Waals surface area contributed by atoms with Crippen molar-refractivity contribution in [3.8, 4) is 11.4 Å². The molecule has 2 N–H and O–H groups in total. The predicted molar refractivity (Wildman–Crippen MR) is 146 cm³/mol. The van der Waals surface area contributed by atoms with Gasteiger partial charge in [-0.25, -0.2) is 13.4 Å². The van der Waals surface area contributed by atoms with E-state index < -0.39 is 28.0 Å². The molecule has 2 aromatic rings. The SMILES string of the molecule is COc1cc(N[C@H](C)C(F)(F)F)ccc1-n1c(CC(C)C)nc(C(=O)NCC2CCC(S(C)(=O)=O)CC2)c1Cl. The molecule has 13 heteroatoms. The van der Waals surface area contributed by atoms with Crippen LogP contribution in [0.2, 0.25) is 5.15 Å². The minimum absolute atomic E-state index is 0.0343. The largest absolute Gasteiger partial charge is 0.494 e. The van der Waals surface area contributed by atoms with Gasteiger partial charge in [0, 0.05) is 31.0 Å². The van der Waals surface area contributed by atoms with Gasteiger partial charge >= 0.3 is 6.18 Å². The van der Waals surface area contributed by atoms with Gasteiger partial charge in [0.05, 0.1) is 18.0 Å². The zero-order chi connectivity index (χ0) is 29.1. The Morgan fingerprint density at radius 3 is 2.38 bits per heavy atom. The monoisotopic (exact) mass is 592 g/mol. The lowest BCUT2D eigenvalue weighted by Crippen LogP contribution is -2.34. The van der Waals surface area contributed by atoms with Gasteiger partial charge in [0.2, 0.25) is 0 Å². The first-order valence-electron chi connectivity index (χ1n) is 12.9. The fourth-order valence-corrected chi connectivity index (χ4v) is 6.15. The highest BCUT2D eigenvalue weighted by molar-refractivity contribution is 7.91. The molecule has 1 aliphatic rings. The number of ether oxygens (including phenoxy) is 1. The van der Waals surface area contributed by atoms with E-state index in [4.69, 9.17) is 16.3 Å².